The molecule has 0 aliphatic carbocycles. The second-order valence-electron chi connectivity index (χ2n) is 3.80. The third-order valence-electron chi connectivity index (χ3n) is 2.54. The zero-order valence-electron chi connectivity index (χ0n) is 9.45. The van der Waals surface area contributed by atoms with Gasteiger partial charge in [0.1, 0.15) is 5.82 Å². The molecule has 0 bridgehead atoms. The second-order valence-corrected chi connectivity index (χ2v) is 4.65. The quantitative estimate of drug-likeness (QED) is 0.940. The Balaban J connectivity index is 1.90. The van der Waals surface area contributed by atoms with E-state index in [2.05, 4.69) is 26.3 Å². The lowest BCUT2D eigenvalue weighted by molar-refractivity contribution is 0.605. The van der Waals surface area contributed by atoms with Crippen LogP contribution >= 0.6 is 15.9 Å². The highest BCUT2D eigenvalue weighted by Gasteiger charge is 2.01. The highest BCUT2D eigenvalue weighted by Crippen LogP contribution is 2.16. The van der Waals surface area contributed by atoms with Crippen molar-refractivity contribution < 1.29 is 4.39 Å². The van der Waals surface area contributed by atoms with Crippen LogP contribution in [0.15, 0.2) is 34.9 Å². The summed E-state index contributed by atoms with van der Waals surface area (Å²) in [5, 5.41) is 7.33. The predicted octanol–water partition coefficient (Wildman–Crippen LogP) is 2.61. The molecular weight excluding hydrogens is 285 g/mol. The number of hydrogen-bond donors (Lipinski definition) is 1. The molecule has 0 amide bonds. The molecule has 1 aromatic heterocycles. The predicted molar refractivity (Wildman–Crippen MR) is 67.9 cm³/mol. The molecule has 0 atom stereocenters. The molecule has 0 fully saturated rings. The normalized spacial score (nSPS) is 10.8. The lowest BCUT2D eigenvalue weighted by atomic mass is 10.2. The van der Waals surface area contributed by atoms with Crippen molar-refractivity contribution >= 4 is 15.9 Å². The fraction of sp³-hybridized carbons (Fsp3) is 0.250. The summed E-state index contributed by atoms with van der Waals surface area (Å²) in [6.07, 6.45) is 1.76. The molecule has 1 aromatic carbocycles. The number of aromatic nitrogens is 2. The van der Waals surface area contributed by atoms with Gasteiger partial charge >= 0.3 is 0 Å². The van der Waals surface area contributed by atoms with Crippen molar-refractivity contribution in [2.24, 2.45) is 7.05 Å². The molecule has 0 unspecified atom stereocenters. The van der Waals surface area contributed by atoms with Crippen molar-refractivity contribution in [2.75, 3.05) is 0 Å². The standard InChI is InChI=1S/C12H13BrFN3/c1-17-10(4-5-16-17)8-15-7-9-2-3-11(13)12(14)6-9/h2-6,15H,7-8H2,1H3. The van der Waals surface area contributed by atoms with Crippen molar-refractivity contribution in [3.63, 3.8) is 0 Å². The minimum atomic E-state index is -0.232. The van der Waals surface area contributed by atoms with E-state index in [0.29, 0.717) is 17.6 Å². The summed E-state index contributed by atoms with van der Waals surface area (Å²) in [7, 11) is 1.90. The van der Waals surface area contributed by atoms with Crippen molar-refractivity contribution in [1.29, 1.82) is 0 Å². The Bertz CT molecular complexity index is 510. The summed E-state index contributed by atoms with van der Waals surface area (Å²) < 4.78 is 15.6. The molecule has 17 heavy (non-hydrogen) atoms. The molecule has 0 aliphatic heterocycles. The van der Waals surface area contributed by atoms with Crippen LogP contribution in [0.25, 0.3) is 0 Å². The van der Waals surface area contributed by atoms with Crippen molar-refractivity contribution in [1.82, 2.24) is 15.1 Å². The molecule has 0 saturated heterocycles. The Morgan fingerprint density at radius 2 is 2.18 bits per heavy atom. The number of benzene rings is 1. The van der Waals surface area contributed by atoms with Crippen LogP contribution in [0, 0.1) is 5.82 Å². The fourth-order valence-corrected chi connectivity index (χ4v) is 1.81. The molecule has 0 aliphatic rings. The van der Waals surface area contributed by atoms with Crippen molar-refractivity contribution in [3.05, 3.63) is 52.0 Å². The van der Waals surface area contributed by atoms with Gasteiger partial charge in [-0.3, -0.25) is 4.68 Å². The first kappa shape index (κ1) is 12.3. The first-order valence-corrected chi connectivity index (χ1v) is 6.07. The number of nitrogens with one attached hydrogen (secondary N) is 1. The van der Waals surface area contributed by atoms with Gasteiger partial charge in [-0.05, 0) is 39.7 Å². The van der Waals surface area contributed by atoms with E-state index in [1.165, 1.54) is 6.07 Å². The minimum Gasteiger partial charge on any atom is -0.307 e. The third kappa shape index (κ3) is 3.14. The largest absolute Gasteiger partial charge is 0.307 e. The van der Waals surface area contributed by atoms with Gasteiger partial charge in [0.05, 0.1) is 10.2 Å². The molecular formula is C12H13BrFN3. The number of aryl methyl sites for hydroxylation is 1. The summed E-state index contributed by atoms with van der Waals surface area (Å²) in [5.74, 6) is -0.232. The molecule has 2 rings (SSSR count). The molecule has 0 radical (unpaired) electrons. The Kier molecular flexibility index (Phi) is 3.91. The van der Waals surface area contributed by atoms with Gasteiger partial charge in [0.25, 0.3) is 0 Å². The van der Waals surface area contributed by atoms with Crippen LogP contribution in [-0.4, -0.2) is 9.78 Å². The Morgan fingerprint density at radius 3 is 2.82 bits per heavy atom. The number of nitrogens with zero attached hydrogens (tertiary/aromatic N) is 2. The Morgan fingerprint density at radius 1 is 1.35 bits per heavy atom. The molecule has 3 nitrogen and oxygen atoms in total. The van der Waals surface area contributed by atoms with E-state index in [1.54, 1.807) is 12.3 Å². The monoisotopic (exact) mass is 297 g/mol. The van der Waals surface area contributed by atoms with Crippen LogP contribution in [0.4, 0.5) is 4.39 Å². The van der Waals surface area contributed by atoms with Crippen molar-refractivity contribution in [3.8, 4) is 0 Å². The first-order chi connectivity index (χ1) is 8.16. The Labute approximate surface area is 108 Å². The molecule has 0 saturated carbocycles. The van der Waals surface area contributed by atoms with E-state index in [4.69, 9.17) is 0 Å². The summed E-state index contributed by atoms with van der Waals surface area (Å²) in [6.45, 7) is 1.35. The van der Waals surface area contributed by atoms with Gasteiger partial charge in [-0.1, -0.05) is 6.07 Å². The van der Waals surface area contributed by atoms with Crippen LogP contribution in [0.1, 0.15) is 11.3 Å². The highest BCUT2D eigenvalue weighted by molar-refractivity contribution is 9.10. The minimum absolute atomic E-state index is 0.232. The lowest BCUT2D eigenvalue weighted by Gasteiger charge is -2.06. The summed E-state index contributed by atoms with van der Waals surface area (Å²) in [5.41, 5.74) is 2.02. The zero-order valence-corrected chi connectivity index (χ0v) is 11.0. The van der Waals surface area contributed by atoms with E-state index in [0.717, 1.165) is 11.3 Å². The summed E-state index contributed by atoms with van der Waals surface area (Å²) in [6, 6.07) is 7.09. The van der Waals surface area contributed by atoms with Gasteiger partial charge in [-0.15, -0.1) is 0 Å². The molecule has 1 N–H and O–H groups in total. The summed E-state index contributed by atoms with van der Waals surface area (Å²) >= 11 is 3.13. The van der Waals surface area contributed by atoms with E-state index in [9.17, 15) is 4.39 Å². The SMILES string of the molecule is Cn1nccc1CNCc1ccc(Br)c(F)c1. The average Bonchev–Trinajstić information content (AvgIpc) is 2.70. The summed E-state index contributed by atoms with van der Waals surface area (Å²) in [4.78, 5) is 0. The topological polar surface area (TPSA) is 29.9 Å². The van der Waals surface area contributed by atoms with E-state index < -0.39 is 0 Å². The fourth-order valence-electron chi connectivity index (χ4n) is 1.56. The van der Waals surface area contributed by atoms with Gasteiger partial charge in [0.15, 0.2) is 0 Å². The molecule has 2 aromatic rings. The van der Waals surface area contributed by atoms with E-state index in [1.807, 2.05) is 23.9 Å². The zero-order chi connectivity index (χ0) is 12.3. The van der Waals surface area contributed by atoms with Gasteiger partial charge < -0.3 is 5.32 Å². The van der Waals surface area contributed by atoms with Crippen LogP contribution in [0.3, 0.4) is 0 Å². The van der Waals surface area contributed by atoms with Crippen molar-refractivity contribution in [2.45, 2.75) is 13.1 Å². The molecule has 90 valence electrons. The number of rotatable bonds is 4. The number of hydrogen-bond acceptors (Lipinski definition) is 2. The van der Waals surface area contributed by atoms with Crippen LogP contribution in [-0.2, 0) is 20.1 Å². The van der Waals surface area contributed by atoms with Crippen LogP contribution in [0.5, 0.6) is 0 Å². The van der Waals surface area contributed by atoms with Crippen LogP contribution in [0.2, 0.25) is 0 Å². The maximum absolute atomic E-state index is 13.3. The van der Waals surface area contributed by atoms with Gasteiger partial charge in [0.2, 0.25) is 0 Å². The van der Waals surface area contributed by atoms with Gasteiger partial charge in [0, 0.05) is 26.3 Å². The molecule has 1 heterocycles. The first-order valence-electron chi connectivity index (χ1n) is 5.28. The van der Waals surface area contributed by atoms with Gasteiger partial charge in [-0.25, -0.2) is 4.39 Å². The highest BCUT2D eigenvalue weighted by atomic mass is 79.9. The maximum atomic E-state index is 13.3. The average molecular weight is 298 g/mol. The van der Waals surface area contributed by atoms with Gasteiger partial charge in [-0.2, -0.15) is 5.10 Å². The Hall–Kier alpha value is -1.20. The number of halogens is 2. The smallest absolute Gasteiger partial charge is 0.137 e. The van der Waals surface area contributed by atoms with Crippen LogP contribution < -0.4 is 5.32 Å². The molecule has 0 spiro atoms. The second kappa shape index (κ2) is 5.42. The third-order valence-corrected chi connectivity index (χ3v) is 3.18. The maximum Gasteiger partial charge on any atom is 0.137 e. The lowest BCUT2D eigenvalue weighted by Crippen LogP contribution is -2.15. The molecule has 5 heteroatoms. The van der Waals surface area contributed by atoms with E-state index in [-0.39, 0.29) is 5.82 Å². The van der Waals surface area contributed by atoms with E-state index >= 15 is 0 Å².